The van der Waals surface area contributed by atoms with E-state index in [1.807, 2.05) is 31.2 Å². The van der Waals surface area contributed by atoms with Gasteiger partial charge in [-0.2, -0.15) is 4.98 Å². The highest BCUT2D eigenvalue weighted by Gasteiger charge is 2.05. The molecule has 0 unspecified atom stereocenters. The zero-order valence-electron chi connectivity index (χ0n) is 10.1. The lowest BCUT2D eigenvalue weighted by Crippen LogP contribution is -1.98. The second kappa shape index (κ2) is 5.48. The van der Waals surface area contributed by atoms with Crippen LogP contribution in [0.25, 0.3) is 0 Å². The van der Waals surface area contributed by atoms with Gasteiger partial charge in [-0.25, -0.2) is 0 Å². The van der Waals surface area contributed by atoms with Crippen molar-refractivity contribution in [2.45, 2.75) is 33.3 Å². The first kappa shape index (κ1) is 11.6. The van der Waals surface area contributed by atoms with Gasteiger partial charge in [-0.3, -0.25) is 0 Å². The first-order valence-electron chi connectivity index (χ1n) is 5.79. The summed E-state index contributed by atoms with van der Waals surface area (Å²) in [5, 5.41) is 3.86. The van der Waals surface area contributed by atoms with E-state index in [-0.39, 0.29) is 0 Å². The van der Waals surface area contributed by atoms with Crippen LogP contribution in [0.2, 0.25) is 0 Å². The normalized spacial score (nSPS) is 10.5. The van der Waals surface area contributed by atoms with Crippen LogP contribution in [0.5, 0.6) is 5.75 Å². The van der Waals surface area contributed by atoms with E-state index < -0.39 is 0 Å². The van der Waals surface area contributed by atoms with E-state index in [0.29, 0.717) is 18.3 Å². The zero-order chi connectivity index (χ0) is 12.1. The molecule has 17 heavy (non-hydrogen) atoms. The van der Waals surface area contributed by atoms with Crippen LogP contribution in [0.15, 0.2) is 28.8 Å². The first-order valence-corrected chi connectivity index (χ1v) is 5.79. The van der Waals surface area contributed by atoms with Crippen molar-refractivity contribution in [3.8, 4) is 5.75 Å². The topological polar surface area (TPSA) is 48.2 Å². The Balaban J connectivity index is 1.93. The number of hydrogen-bond donors (Lipinski definition) is 0. The molecule has 1 heterocycles. The van der Waals surface area contributed by atoms with Crippen molar-refractivity contribution in [3.63, 3.8) is 0 Å². The molecule has 0 N–H and O–H groups in total. The molecule has 90 valence electrons. The number of nitrogens with zero attached hydrogens (tertiary/aromatic N) is 2. The van der Waals surface area contributed by atoms with Crippen molar-refractivity contribution in [1.82, 2.24) is 10.1 Å². The average Bonchev–Trinajstić information content (AvgIpc) is 2.75. The van der Waals surface area contributed by atoms with Crippen LogP contribution in [-0.2, 0) is 13.0 Å². The van der Waals surface area contributed by atoms with Gasteiger partial charge in [0.05, 0.1) is 0 Å². The van der Waals surface area contributed by atoms with Crippen LogP contribution in [0.4, 0.5) is 0 Å². The second-order valence-corrected chi connectivity index (χ2v) is 3.96. The largest absolute Gasteiger partial charge is 0.485 e. The Morgan fingerprint density at radius 1 is 1.35 bits per heavy atom. The second-order valence-electron chi connectivity index (χ2n) is 3.96. The summed E-state index contributed by atoms with van der Waals surface area (Å²) in [5.41, 5.74) is 1.17. The highest BCUT2D eigenvalue weighted by molar-refractivity contribution is 5.27. The molecule has 4 nitrogen and oxygen atoms in total. The molecule has 0 aliphatic heterocycles. The van der Waals surface area contributed by atoms with Crippen molar-refractivity contribution >= 4 is 0 Å². The van der Waals surface area contributed by atoms with Crippen molar-refractivity contribution in [2.24, 2.45) is 0 Å². The quantitative estimate of drug-likeness (QED) is 0.795. The van der Waals surface area contributed by atoms with E-state index in [9.17, 15) is 0 Å². The Labute approximate surface area is 101 Å². The molecule has 0 fully saturated rings. The van der Waals surface area contributed by atoms with Gasteiger partial charge in [0.25, 0.3) is 0 Å². The van der Waals surface area contributed by atoms with E-state index in [0.717, 1.165) is 18.6 Å². The summed E-state index contributed by atoms with van der Waals surface area (Å²) in [5.74, 6) is 2.09. The maximum absolute atomic E-state index is 5.58. The monoisotopic (exact) mass is 232 g/mol. The van der Waals surface area contributed by atoms with Crippen LogP contribution < -0.4 is 4.74 Å². The molecule has 0 spiro atoms. The Bertz CT molecular complexity index is 480. The van der Waals surface area contributed by atoms with Crippen LogP contribution >= 0.6 is 0 Å². The molecular formula is C13H16N2O2. The molecule has 0 aliphatic carbocycles. The van der Waals surface area contributed by atoms with Crippen molar-refractivity contribution in [3.05, 3.63) is 41.5 Å². The minimum Gasteiger partial charge on any atom is -0.485 e. The van der Waals surface area contributed by atoms with Gasteiger partial charge < -0.3 is 9.26 Å². The summed E-state index contributed by atoms with van der Waals surface area (Å²) in [4.78, 5) is 4.23. The van der Waals surface area contributed by atoms with E-state index >= 15 is 0 Å². The van der Waals surface area contributed by atoms with Crippen molar-refractivity contribution < 1.29 is 9.26 Å². The molecule has 2 rings (SSSR count). The summed E-state index contributed by atoms with van der Waals surface area (Å²) in [6, 6.07) is 7.89. The molecule has 0 radical (unpaired) electrons. The highest BCUT2D eigenvalue weighted by Crippen LogP contribution is 2.13. The van der Waals surface area contributed by atoms with Crippen LogP contribution in [0.3, 0.4) is 0 Å². The smallest absolute Gasteiger partial charge is 0.226 e. The number of hydrogen-bond acceptors (Lipinski definition) is 4. The molecule has 0 bridgehead atoms. The maximum Gasteiger partial charge on any atom is 0.226 e. The lowest BCUT2D eigenvalue weighted by Gasteiger charge is -2.03. The Morgan fingerprint density at radius 3 is 3.00 bits per heavy atom. The summed E-state index contributed by atoms with van der Waals surface area (Å²) in [6.45, 7) is 4.45. The molecule has 2 aromatic rings. The van der Waals surface area contributed by atoms with E-state index in [1.54, 1.807) is 0 Å². The summed E-state index contributed by atoms with van der Waals surface area (Å²) in [6.07, 6.45) is 1.82. The summed E-state index contributed by atoms with van der Waals surface area (Å²) < 4.78 is 10.7. The minimum absolute atomic E-state index is 0.344. The molecule has 1 aromatic carbocycles. The maximum atomic E-state index is 5.58. The predicted octanol–water partition coefficient (Wildman–Crippen LogP) is 2.91. The fourth-order valence-corrected chi connectivity index (χ4v) is 1.52. The SMILES string of the molecule is CCCc1nc(COc2cccc(C)c2)no1. The van der Waals surface area contributed by atoms with E-state index in [4.69, 9.17) is 9.26 Å². The third-order valence-electron chi connectivity index (χ3n) is 2.33. The van der Waals surface area contributed by atoms with Gasteiger partial charge in [-0.15, -0.1) is 0 Å². The van der Waals surface area contributed by atoms with E-state index in [1.165, 1.54) is 5.56 Å². The lowest BCUT2D eigenvalue weighted by atomic mass is 10.2. The predicted molar refractivity (Wildman–Crippen MR) is 63.8 cm³/mol. The fraction of sp³-hybridized carbons (Fsp3) is 0.385. The number of benzene rings is 1. The van der Waals surface area contributed by atoms with Gasteiger partial charge in [0.2, 0.25) is 11.7 Å². The summed E-state index contributed by atoms with van der Waals surface area (Å²) in [7, 11) is 0. The molecule has 0 atom stereocenters. The highest BCUT2D eigenvalue weighted by atomic mass is 16.5. The number of aryl methyl sites for hydroxylation is 2. The Kier molecular flexibility index (Phi) is 3.75. The molecule has 0 aliphatic rings. The molecular weight excluding hydrogens is 216 g/mol. The van der Waals surface area contributed by atoms with Crippen LogP contribution in [-0.4, -0.2) is 10.1 Å². The van der Waals surface area contributed by atoms with Gasteiger partial charge in [-0.1, -0.05) is 24.2 Å². The third-order valence-corrected chi connectivity index (χ3v) is 2.33. The minimum atomic E-state index is 0.344. The molecule has 1 aromatic heterocycles. The average molecular weight is 232 g/mol. The number of aromatic nitrogens is 2. The fourth-order valence-electron chi connectivity index (χ4n) is 1.52. The van der Waals surface area contributed by atoms with Gasteiger partial charge in [0.1, 0.15) is 5.75 Å². The van der Waals surface area contributed by atoms with Gasteiger partial charge in [-0.05, 0) is 31.0 Å². The van der Waals surface area contributed by atoms with Crippen molar-refractivity contribution in [1.29, 1.82) is 0 Å². The Morgan fingerprint density at radius 2 is 2.24 bits per heavy atom. The van der Waals surface area contributed by atoms with Gasteiger partial charge in [0.15, 0.2) is 6.61 Å². The number of rotatable bonds is 5. The van der Waals surface area contributed by atoms with Gasteiger partial charge in [0, 0.05) is 6.42 Å². The molecule has 0 saturated heterocycles. The van der Waals surface area contributed by atoms with E-state index in [2.05, 4.69) is 17.1 Å². The third kappa shape index (κ3) is 3.31. The summed E-state index contributed by atoms with van der Waals surface area (Å²) >= 11 is 0. The Hall–Kier alpha value is -1.84. The standard InChI is InChI=1S/C13H16N2O2/c1-3-5-13-14-12(15-17-13)9-16-11-7-4-6-10(2)8-11/h4,6-8H,3,5,9H2,1-2H3. The first-order chi connectivity index (χ1) is 8.28. The molecule has 0 saturated carbocycles. The zero-order valence-corrected chi connectivity index (χ0v) is 10.1. The van der Waals surface area contributed by atoms with Crippen molar-refractivity contribution in [2.75, 3.05) is 0 Å². The van der Waals surface area contributed by atoms with Crippen LogP contribution in [0, 0.1) is 6.92 Å². The number of ether oxygens (including phenoxy) is 1. The molecule has 4 heteroatoms. The molecule has 0 amide bonds. The lowest BCUT2D eigenvalue weighted by molar-refractivity contribution is 0.285. The van der Waals surface area contributed by atoms with Crippen LogP contribution in [0.1, 0.15) is 30.6 Å². The van der Waals surface area contributed by atoms with Gasteiger partial charge >= 0.3 is 0 Å².